The number of nitrogens with zero attached hydrogens (tertiary/aromatic N) is 5. The van der Waals surface area contributed by atoms with Crippen LogP contribution in [0.4, 0.5) is 11.6 Å². The minimum Gasteiger partial charge on any atom is -0.324 e. The van der Waals surface area contributed by atoms with Crippen LogP contribution < -0.4 is 11.0 Å². The van der Waals surface area contributed by atoms with E-state index in [1.54, 1.807) is 24.0 Å². The van der Waals surface area contributed by atoms with Crippen LogP contribution in [-0.4, -0.2) is 24.1 Å². The Labute approximate surface area is 167 Å². The van der Waals surface area contributed by atoms with Gasteiger partial charge in [0.05, 0.1) is 11.7 Å². The molecule has 0 amide bonds. The lowest BCUT2D eigenvalue weighted by molar-refractivity contribution is 0.327. The second-order valence-electron chi connectivity index (χ2n) is 8.39. The quantitative estimate of drug-likeness (QED) is 0.580. The topological polar surface area (TPSA) is 77.6 Å². The summed E-state index contributed by atoms with van der Waals surface area (Å²) >= 11 is 0. The van der Waals surface area contributed by atoms with Crippen molar-refractivity contribution in [3.63, 3.8) is 0 Å². The number of rotatable bonds is 3. The number of fused-ring (bicyclic) bond motifs is 4. The van der Waals surface area contributed by atoms with Crippen molar-refractivity contribution < 1.29 is 0 Å². The maximum absolute atomic E-state index is 13.0. The first-order chi connectivity index (χ1) is 14.2. The summed E-state index contributed by atoms with van der Waals surface area (Å²) < 4.78 is 3.60. The van der Waals surface area contributed by atoms with Crippen molar-refractivity contribution in [2.75, 3.05) is 5.32 Å². The monoisotopic (exact) mass is 386 g/mol. The molecule has 3 aromatic heterocycles. The summed E-state index contributed by atoms with van der Waals surface area (Å²) in [4.78, 5) is 26.6. The Bertz CT molecular complexity index is 1310. The van der Waals surface area contributed by atoms with E-state index in [-0.39, 0.29) is 11.7 Å². The fourth-order valence-electron chi connectivity index (χ4n) is 5.30. The smallest absolute Gasteiger partial charge is 0.324 e. The van der Waals surface area contributed by atoms with Gasteiger partial charge in [-0.2, -0.15) is 4.98 Å². The third-order valence-corrected chi connectivity index (χ3v) is 6.72. The standard InChI is InChI=1S/C22H22N6O/c1-27-19-12-24-21(25-16-6-7-17-14(11-16)3-2-8-23-17)26-20(19)28(22(27)29)18-10-13-4-5-15(18)9-13/h2-3,6-8,11-13,15,18H,4-5,9-10H2,1H3,(H,24,25,26). The lowest BCUT2D eigenvalue weighted by atomic mass is 9.95. The van der Waals surface area contributed by atoms with E-state index < -0.39 is 0 Å². The zero-order valence-electron chi connectivity index (χ0n) is 16.2. The van der Waals surface area contributed by atoms with E-state index in [1.165, 1.54) is 19.3 Å². The van der Waals surface area contributed by atoms with Gasteiger partial charge in [0.25, 0.3) is 0 Å². The van der Waals surface area contributed by atoms with Crippen molar-refractivity contribution in [3.8, 4) is 0 Å². The highest BCUT2D eigenvalue weighted by Gasteiger charge is 2.42. The van der Waals surface area contributed by atoms with Crippen LogP contribution in [0.3, 0.4) is 0 Å². The van der Waals surface area contributed by atoms with Crippen LogP contribution in [0, 0.1) is 11.8 Å². The molecule has 2 aliphatic carbocycles. The molecule has 7 heteroatoms. The van der Waals surface area contributed by atoms with Gasteiger partial charge in [-0.15, -0.1) is 0 Å². The van der Waals surface area contributed by atoms with Crippen LogP contribution in [0.25, 0.3) is 22.1 Å². The van der Waals surface area contributed by atoms with Gasteiger partial charge in [-0.05, 0) is 55.4 Å². The van der Waals surface area contributed by atoms with Crippen LogP contribution in [0.5, 0.6) is 0 Å². The van der Waals surface area contributed by atoms with Gasteiger partial charge < -0.3 is 5.32 Å². The van der Waals surface area contributed by atoms with Crippen LogP contribution in [0.15, 0.2) is 47.5 Å². The van der Waals surface area contributed by atoms with Crippen molar-refractivity contribution in [2.24, 2.45) is 18.9 Å². The summed E-state index contributed by atoms with van der Waals surface area (Å²) in [6.45, 7) is 0. The maximum Gasteiger partial charge on any atom is 0.330 e. The predicted octanol–water partition coefficient (Wildman–Crippen LogP) is 3.78. The summed E-state index contributed by atoms with van der Waals surface area (Å²) in [7, 11) is 1.81. The molecule has 29 heavy (non-hydrogen) atoms. The van der Waals surface area contributed by atoms with Crippen LogP contribution in [0.2, 0.25) is 0 Å². The molecular formula is C22H22N6O. The molecule has 2 aliphatic rings. The van der Waals surface area contributed by atoms with Crippen LogP contribution in [0.1, 0.15) is 31.7 Å². The molecule has 7 nitrogen and oxygen atoms in total. The number of hydrogen-bond acceptors (Lipinski definition) is 5. The minimum atomic E-state index is 0.0146. The fourth-order valence-corrected chi connectivity index (χ4v) is 5.30. The number of imidazole rings is 1. The van der Waals surface area contributed by atoms with Gasteiger partial charge in [0.15, 0.2) is 5.65 Å². The summed E-state index contributed by atoms with van der Waals surface area (Å²) in [5.41, 5.74) is 3.37. The number of pyridine rings is 1. The molecule has 3 atom stereocenters. The van der Waals surface area contributed by atoms with Crippen molar-refractivity contribution in [1.29, 1.82) is 0 Å². The first-order valence-electron chi connectivity index (χ1n) is 10.2. The molecule has 1 N–H and O–H groups in total. The normalized spacial score (nSPS) is 23.3. The molecule has 0 radical (unpaired) electrons. The summed E-state index contributed by atoms with van der Waals surface area (Å²) in [6, 6.07) is 10.2. The van der Waals surface area contributed by atoms with E-state index in [4.69, 9.17) is 4.98 Å². The zero-order valence-corrected chi connectivity index (χ0v) is 16.2. The third-order valence-electron chi connectivity index (χ3n) is 6.72. The second-order valence-corrected chi connectivity index (χ2v) is 8.39. The molecular weight excluding hydrogens is 364 g/mol. The molecule has 0 saturated heterocycles. The van der Waals surface area contributed by atoms with Crippen molar-refractivity contribution in [3.05, 3.63) is 53.2 Å². The van der Waals surface area contributed by atoms with Gasteiger partial charge >= 0.3 is 5.69 Å². The van der Waals surface area contributed by atoms with Crippen molar-refractivity contribution >= 4 is 33.7 Å². The number of aromatic nitrogens is 5. The third kappa shape index (κ3) is 2.57. The molecule has 6 rings (SSSR count). The first kappa shape index (κ1) is 16.7. The average Bonchev–Trinajstić information content (AvgIpc) is 3.42. The first-order valence-corrected chi connectivity index (χ1v) is 10.2. The molecule has 3 heterocycles. The Hall–Kier alpha value is -3.22. The van der Waals surface area contributed by atoms with E-state index >= 15 is 0 Å². The number of nitrogens with one attached hydrogen (secondary N) is 1. The molecule has 1 aromatic carbocycles. The van der Waals surface area contributed by atoms with Gasteiger partial charge in [0.1, 0.15) is 5.52 Å². The number of hydrogen-bond donors (Lipinski definition) is 1. The van der Waals surface area contributed by atoms with Crippen LogP contribution in [-0.2, 0) is 7.05 Å². The van der Waals surface area contributed by atoms with E-state index in [0.29, 0.717) is 11.9 Å². The van der Waals surface area contributed by atoms with Crippen molar-refractivity contribution in [2.45, 2.75) is 31.7 Å². The molecule has 2 fully saturated rings. The molecule has 2 bridgehead atoms. The van der Waals surface area contributed by atoms with Gasteiger partial charge in [0, 0.05) is 30.4 Å². The van der Waals surface area contributed by atoms with Gasteiger partial charge in [0.2, 0.25) is 5.95 Å². The molecule has 3 unspecified atom stereocenters. The van der Waals surface area contributed by atoms with Gasteiger partial charge in [-0.3, -0.25) is 14.1 Å². The average molecular weight is 386 g/mol. The minimum absolute atomic E-state index is 0.0146. The van der Waals surface area contributed by atoms with E-state index in [2.05, 4.69) is 15.3 Å². The molecule has 0 aliphatic heterocycles. The van der Waals surface area contributed by atoms with Gasteiger partial charge in [-0.1, -0.05) is 12.5 Å². The largest absolute Gasteiger partial charge is 0.330 e. The Kier molecular flexibility index (Phi) is 3.54. The highest BCUT2D eigenvalue weighted by atomic mass is 16.1. The summed E-state index contributed by atoms with van der Waals surface area (Å²) in [5.74, 6) is 1.86. The van der Waals surface area contributed by atoms with E-state index in [0.717, 1.165) is 40.1 Å². The number of benzene rings is 1. The Morgan fingerprint density at radius 2 is 2.07 bits per heavy atom. The Morgan fingerprint density at radius 1 is 1.14 bits per heavy atom. The SMILES string of the molecule is Cn1c(=O)n(C2CC3CCC2C3)c2nc(Nc3ccc4ncccc4c3)ncc21. The highest BCUT2D eigenvalue weighted by molar-refractivity contribution is 5.83. The highest BCUT2D eigenvalue weighted by Crippen LogP contribution is 2.50. The Balaban J connectivity index is 1.42. The number of aryl methyl sites for hydroxylation is 1. The molecule has 4 aromatic rings. The molecule has 146 valence electrons. The lowest BCUT2D eigenvalue weighted by Crippen LogP contribution is -2.29. The van der Waals surface area contributed by atoms with Crippen molar-refractivity contribution in [1.82, 2.24) is 24.1 Å². The Morgan fingerprint density at radius 3 is 2.90 bits per heavy atom. The predicted molar refractivity (Wildman–Crippen MR) is 112 cm³/mol. The van der Waals surface area contributed by atoms with E-state index in [1.807, 2.05) is 34.9 Å². The van der Waals surface area contributed by atoms with Crippen LogP contribution >= 0.6 is 0 Å². The van der Waals surface area contributed by atoms with Gasteiger partial charge in [-0.25, -0.2) is 9.78 Å². The molecule has 2 saturated carbocycles. The zero-order chi connectivity index (χ0) is 19.5. The lowest BCUT2D eigenvalue weighted by Gasteiger charge is -2.22. The fraction of sp³-hybridized carbons (Fsp3) is 0.364. The maximum atomic E-state index is 13.0. The molecule has 0 spiro atoms. The summed E-state index contributed by atoms with van der Waals surface area (Å²) in [5, 5.41) is 4.35. The number of anilines is 2. The summed E-state index contributed by atoms with van der Waals surface area (Å²) in [6.07, 6.45) is 8.40. The van der Waals surface area contributed by atoms with E-state index in [9.17, 15) is 4.79 Å². The second kappa shape index (κ2) is 6.14.